The van der Waals surface area contributed by atoms with Crippen LogP contribution in [0.25, 0.3) is 22.2 Å². The smallest absolute Gasteiger partial charge is 0.208 e. The number of pyridine rings is 1. The Labute approximate surface area is 170 Å². The van der Waals surface area contributed by atoms with Crippen molar-refractivity contribution < 1.29 is 13.2 Å². The molecule has 0 aliphatic rings. The first-order valence-electron chi connectivity index (χ1n) is 9.26. The second-order valence-corrected chi connectivity index (χ2v) is 9.00. The van der Waals surface area contributed by atoms with Gasteiger partial charge in [0.25, 0.3) is 0 Å². The van der Waals surface area contributed by atoms with Gasteiger partial charge in [-0.2, -0.15) is 0 Å². The van der Waals surface area contributed by atoms with E-state index in [1.54, 1.807) is 43.5 Å². The maximum absolute atomic E-state index is 13.6. The number of methoxy groups -OCH3 is 1. The molecule has 0 atom stereocenters. The van der Waals surface area contributed by atoms with Crippen LogP contribution >= 0.6 is 0 Å². The Bertz CT molecular complexity index is 1310. The molecule has 29 heavy (non-hydrogen) atoms. The van der Waals surface area contributed by atoms with Crippen molar-refractivity contribution in [3.63, 3.8) is 0 Å². The third kappa shape index (κ3) is 3.61. The second-order valence-electron chi connectivity index (χ2n) is 7.08. The van der Waals surface area contributed by atoms with Crippen LogP contribution in [0, 0.1) is 13.8 Å². The highest BCUT2D eigenvalue weighted by atomic mass is 32.2. The summed E-state index contributed by atoms with van der Waals surface area (Å²) in [4.78, 5) is 5.18. The normalized spacial score (nSPS) is 11.6. The fourth-order valence-corrected chi connectivity index (χ4v) is 4.76. The molecule has 1 heterocycles. The molecule has 146 valence electrons. The molecule has 3 aromatic carbocycles. The lowest BCUT2D eigenvalue weighted by atomic mass is 10.1. The monoisotopic (exact) mass is 403 g/mol. The fraction of sp³-hybridized carbons (Fsp3) is 0.125. The number of rotatable bonds is 4. The highest BCUT2D eigenvalue weighted by molar-refractivity contribution is 7.91. The van der Waals surface area contributed by atoms with Crippen molar-refractivity contribution in [1.82, 2.24) is 4.98 Å². The molecule has 1 aromatic heterocycles. The van der Waals surface area contributed by atoms with E-state index in [9.17, 15) is 8.42 Å². The summed E-state index contributed by atoms with van der Waals surface area (Å²) in [6.07, 6.45) is 0. The van der Waals surface area contributed by atoms with E-state index in [2.05, 4.69) is 0 Å². The van der Waals surface area contributed by atoms with Gasteiger partial charge >= 0.3 is 0 Å². The molecular formula is C24H21NO3S. The molecule has 5 heteroatoms. The van der Waals surface area contributed by atoms with Gasteiger partial charge in [-0.25, -0.2) is 13.4 Å². The molecule has 0 amide bonds. The van der Waals surface area contributed by atoms with Crippen LogP contribution in [0.3, 0.4) is 0 Å². The number of ether oxygens (including phenoxy) is 1. The molecule has 0 unspecified atom stereocenters. The quantitative estimate of drug-likeness (QED) is 0.460. The number of fused-ring (bicyclic) bond motifs is 1. The Morgan fingerprint density at radius 1 is 0.828 bits per heavy atom. The van der Waals surface area contributed by atoms with E-state index < -0.39 is 9.84 Å². The first-order valence-corrected chi connectivity index (χ1v) is 10.7. The Hall–Kier alpha value is -3.18. The summed E-state index contributed by atoms with van der Waals surface area (Å²) in [7, 11) is -2.18. The number of aromatic nitrogens is 1. The third-order valence-electron chi connectivity index (χ3n) is 4.90. The predicted octanol–water partition coefficient (Wildman–Crippen LogP) is 5.36. The summed E-state index contributed by atoms with van der Waals surface area (Å²) in [5, 5.41) is 0.714. The summed E-state index contributed by atoms with van der Waals surface area (Å²) < 4.78 is 32.4. The van der Waals surface area contributed by atoms with Crippen LogP contribution in [0.4, 0.5) is 0 Å². The average Bonchev–Trinajstić information content (AvgIpc) is 2.72. The van der Waals surface area contributed by atoms with E-state index in [1.807, 2.05) is 50.2 Å². The summed E-state index contributed by atoms with van der Waals surface area (Å²) in [5.74, 6) is 0.654. The number of sulfone groups is 1. The van der Waals surface area contributed by atoms with E-state index in [1.165, 1.54) is 0 Å². The molecule has 0 fully saturated rings. The standard InChI is InChI=1S/C24H21NO3S/c1-16-7-10-21(11-8-16)29(26,27)23-15-19-14-20(28-3)9-12-22(19)25-24(23)18-6-4-5-17(2)13-18/h4-15H,1-3H3. The number of benzene rings is 3. The second kappa shape index (κ2) is 7.33. The van der Waals surface area contributed by atoms with Crippen LogP contribution in [0.2, 0.25) is 0 Å². The van der Waals surface area contributed by atoms with Crippen LogP contribution in [0.5, 0.6) is 5.75 Å². The highest BCUT2D eigenvalue weighted by Gasteiger charge is 2.24. The van der Waals surface area contributed by atoms with Gasteiger partial charge in [0, 0.05) is 10.9 Å². The van der Waals surface area contributed by atoms with Crippen molar-refractivity contribution in [3.8, 4) is 17.0 Å². The molecular weight excluding hydrogens is 382 g/mol. The number of aryl methyl sites for hydroxylation is 2. The summed E-state index contributed by atoms with van der Waals surface area (Å²) in [6, 6.07) is 21.8. The molecule has 0 saturated carbocycles. The van der Waals surface area contributed by atoms with Crippen molar-refractivity contribution in [2.75, 3.05) is 7.11 Å². The van der Waals surface area contributed by atoms with Gasteiger partial charge in [-0.1, -0.05) is 41.5 Å². The van der Waals surface area contributed by atoms with Gasteiger partial charge in [-0.05, 0) is 56.3 Å². The zero-order chi connectivity index (χ0) is 20.6. The van der Waals surface area contributed by atoms with Crippen LogP contribution < -0.4 is 4.74 Å². The van der Waals surface area contributed by atoms with Gasteiger partial charge in [0.1, 0.15) is 5.75 Å². The van der Waals surface area contributed by atoms with Gasteiger partial charge < -0.3 is 4.74 Å². The SMILES string of the molecule is COc1ccc2nc(-c3cccc(C)c3)c(S(=O)(=O)c3ccc(C)cc3)cc2c1. The first kappa shape index (κ1) is 19.2. The van der Waals surface area contributed by atoms with E-state index in [-0.39, 0.29) is 9.79 Å². The maximum atomic E-state index is 13.6. The van der Waals surface area contributed by atoms with E-state index >= 15 is 0 Å². The van der Waals surface area contributed by atoms with Crippen molar-refractivity contribution >= 4 is 20.7 Å². The van der Waals surface area contributed by atoms with Gasteiger partial charge in [-0.3, -0.25) is 0 Å². The summed E-state index contributed by atoms with van der Waals surface area (Å²) >= 11 is 0. The zero-order valence-corrected chi connectivity index (χ0v) is 17.3. The molecule has 4 rings (SSSR count). The van der Waals surface area contributed by atoms with Crippen molar-refractivity contribution in [2.24, 2.45) is 0 Å². The zero-order valence-electron chi connectivity index (χ0n) is 16.5. The molecule has 0 N–H and O–H groups in total. The number of nitrogens with zero attached hydrogens (tertiary/aromatic N) is 1. The van der Waals surface area contributed by atoms with Crippen molar-refractivity contribution in [3.05, 3.63) is 83.9 Å². The van der Waals surface area contributed by atoms with Crippen molar-refractivity contribution in [2.45, 2.75) is 23.6 Å². The summed E-state index contributed by atoms with van der Waals surface area (Å²) in [5.41, 5.74) is 3.98. The summed E-state index contributed by atoms with van der Waals surface area (Å²) in [6.45, 7) is 3.90. The minimum atomic E-state index is -3.76. The van der Waals surface area contributed by atoms with Crippen LogP contribution in [0.1, 0.15) is 11.1 Å². The molecule has 0 aliphatic heterocycles. The van der Waals surface area contributed by atoms with Crippen LogP contribution in [-0.2, 0) is 9.84 Å². The van der Waals surface area contributed by atoms with E-state index in [0.29, 0.717) is 22.3 Å². The molecule has 0 saturated heterocycles. The lowest BCUT2D eigenvalue weighted by molar-refractivity contribution is 0.415. The van der Waals surface area contributed by atoms with E-state index in [0.717, 1.165) is 16.7 Å². The lowest BCUT2D eigenvalue weighted by Gasteiger charge is -2.13. The molecule has 0 bridgehead atoms. The van der Waals surface area contributed by atoms with Crippen LogP contribution in [-0.4, -0.2) is 20.5 Å². The topological polar surface area (TPSA) is 56.3 Å². The molecule has 4 aromatic rings. The predicted molar refractivity (Wildman–Crippen MR) is 115 cm³/mol. The van der Waals surface area contributed by atoms with Gasteiger partial charge in [0.05, 0.1) is 28.1 Å². The first-order chi connectivity index (χ1) is 13.9. The van der Waals surface area contributed by atoms with Gasteiger partial charge in [0.2, 0.25) is 9.84 Å². The Kier molecular flexibility index (Phi) is 4.84. The largest absolute Gasteiger partial charge is 0.497 e. The molecule has 4 nitrogen and oxygen atoms in total. The Balaban J connectivity index is 2.03. The van der Waals surface area contributed by atoms with E-state index in [4.69, 9.17) is 9.72 Å². The minimum absolute atomic E-state index is 0.188. The van der Waals surface area contributed by atoms with Gasteiger partial charge in [-0.15, -0.1) is 0 Å². The Morgan fingerprint density at radius 2 is 1.59 bits per heavy atom. The molecule has 0 spiro atoms. The van der Waals surface area contributed by atoms with Crippen molar-refractivity contribution in [1.29, 1.82) is 0 Å². The average molecular weight is 404 g/mol. The fourth-order valence-electron chi connectivity index (χ4n) is 3.31. The number of hydrogen-bond acceptors (Lipinski definition) is 4. The Morgan fingerprint density at radius 3 is 2.28 bits per heavy atom. The number of hydrogen-bond donors (Lipinski definition) is 0. The lowest BCUT2D eigenvalue weighted by Crippen LogP contribution is -2.06. The van der Waals surface area contributed by atoms with Gasteiger partial charge in [0.15, 0.2) is 0 Å². The molecule has 0 radical (unpaired) electrons. The highest BCUT2D eigenvalue weighted by Crippen LogP contribution is 2.34. The van der Waals surface area contributed by atoms with Crippen LogP contribution in [0.15, 0.2) is 82.6 Å². The third-order valence-corrected chi connectivity index (χ3v) is 6.68. The molecule has 0 aliphatic carbocycles. The minimum Gasteiger partial charge on any atom is -0.497 e. The maximum Gasteiger partial charge on any atom is 0.208 e.